The predicted octanol–water partition coefficient (Wildman–Crippen LogP) is 1.50. The van der Waals surface area contributed by atoms with Gasteiger partial charge in [0.05, 0.1) is 18.8 Å². The van der Waals surface area contributed by atoms with Gasteiger partial charge >= 0.3 is 0 Å². The summed E-state index contributed by atoms with van der Waals surface area (Å²) in [5, 5.41) is 3.22. The molecule has 2 aromatic rings. The van der Waals surface area contributed by atoms with E-state index in [1.54, 1.807) is 7.11 Å². The molecule has 5 nitrogen and oxygen atoms in total. The van der Waals surface area contributed by atoms with Gasteiger partial charge < -0.3 is 10.1 Å². The Morgan fingerprint density at radius 3 is 2.67 bits per heavy atom. The Bertz CT molecular complexity index is 513. The average molecular weight is 244 g/mol. The van der Waals surface area contributed by atoms with Gasteiger partial charge in [0, 0.05) is 18.0 Å². The summed E-state index contributed by atoms with van der Waals surface area (Å²) in [6.45, 7) is 1.96. The van der Waals surface area contributed by atoms with Gasteiger partial charge in [-0.3, -0.25) is 4.98 Å². The van der Waals surface area contributed by atoms with Crippen LogP contribution in [0.4, 0.5) is 0 Å². The first-order valence-corrected chi connectivity index (χ1v) is 5.70. The molecule has 0 saturated heterocycles. The molecule has 1 atom stereocenters. The summed E-state index contributed by atoms with van der Waals surface area (Å²) in [7, 11) is 3.48. The third-order valence-corrected chi connectivity index (χ3v) is 2.72. The van der Waals surface area contributed by atoms with Crippen LogP contribution >= 0.6 is 0 Å². The molecule has 94 valence electrons. The van der Waals surface area contributed by atoms with Gasteiger partial charge in [-0.2, -0.15) is 0 Å². The van der Waals surface area contributed by atoms with Gasteiger partial charge in [-0.15, -0.1) is 0 Å². The molecule has 0 amide bonds. The molecule has 2 heterocycles. The highest BCUT2D eigenvalue weighted by atomic mass is 16.5. The summed E-state index contributed by atoms with van der Waals surface area (Å²) in [6, 6.07) is 5.83. The lowest BCUT2D eigenvalue weighted by Crippen LogP contribution is -2.19. The van der Waals surface area contributed by atoms with Crippen LogP contribution in [0.5, 0.6) is 5.88 Å². The molecular formula is C13H16N4O. The van der Waals surface area contributed by atoms with E-state index in [4.69, 9.17) is 4.74 Å². The van der Waals surface area contributed by atoms with E-state index in [1.165, 1.54) is 6.33 Å². The van der Waals surface area contributed by atoms with Crippen LogP contribution in [0.1, 0.15) is 23.0 Å². The third kappa shape index (κ3) is 2.62. The Labute approximate surface area is 106 Å². The van der Waals surface area contributed by atoms with Crippen molar-refractivity contribution < 1.29 is 4.74 Å². The minimum Gasteiger partial charge on any atom is -0.481 e. The number of nitrogens with one attached hydrogen (secondary N) is 1. The highest BCUT2D eigenvalue weighted by Gasteiger charge is 2.14. The van der Waals surface area contributed by atoms with Crippen LogP contribution in [0.2, 0.25) is 0 Å². The molecule has 0 bridgehead atoms. The summed E-state index contributed by atoms with van der Waals surface area (Å²) < 4.78 is 5.11. The summed E-state index contributed by atoms with van der Waals surface area (Å²) in [5.74, 6) is 0.556. The van der Waals surface area contributed by atoms with Gasteiger partial charge in [0.1, 0.15) is 6.33 Å². The van der Waals surface area contributed by atoms with Crippen LogP contribution in [0.15, 0.2) is 30.7 Å². The fourth-order valence-corrected chi connectivity index (χ4v) is 1.76. The fraction of sp³-hybridized carbons (Fsp3) is 0.308. The highest BCUT2D eigenvalue weighted by molar-refractivity contribution is 5.28. The summed E-state index contributed by atoms with van der Waals surface area (Å²) >= 11 is 0. The van der Waals surface area contributed by atoms with Gasteiger partial charge in [-0.05, 0) is 25.6 Å². The van der Waals surface area contributed by atoms with Gasteiger partial charge in [0.15, 0.2) is 0 Å². The van der Waals surface area contributed by atoms with Crippen molar-refractivity contribution in [2.45, 2.75) is 13.0 Å². The third-order valence-electron chi connectivity index (χ3n) is 2.72. The van der Waals surface area contributed by atoms with Gasteiger partial charge in [-0.1, -0.05) is 6.07 Å². The highest BCUT2D eigenvalue weighted by Crippen LogP contribution is 2.21. The smallest absolute Gasteiger partial charge is 0.216 e. The molecule has 1 unspecified atom stereocenters. The number of ether oxygens (including phenoxy) is 1. The van der Waals surface area contributed by atoms with Crippen LogP contribution in [0, 0.1) is 6.92 Å². The monoisotopic (exact) mass is 244 g/mol. The number of rotatable bonds is 4. The minimum absolute atomic E-state index is 0.0185. The number of pyridine rings is 1. The van der Waals surface area contributed by atoms with Crippen LogP contribution in [-0.2, 0) is 0 Å². The van der Waals surface area contributed by atoms with E-state index in [-0.39, 0.29) is 6.04 Å². The second kappa shape index (κ2) is 5.55. The molecule has 0 aliphatic carbocycles. The Morgan fingerprint density at radius 2 is 2.06 bits per heavy atom. The molecule has 0 fully saturated rings. The lowest BCUT2D eigenvalue weighted by Gasteiger charge is -2.16. The minimum atomic E-state index is -0.0185. The summed E-state index contributed by atoms with van der Waals surface area (Å²) in [5.41, 5.74) is 2.91. The van der Waals surface area contributed by atoms with Crippen LogP contribution in [0.25, 0.3) is 0 Å². The molecule has 0 aromatic carbocycles. The molecule has 0 spiro atoms. The standard InChI is InChI=1S/C13H16N4O/c1-9-4-5-10(7-15-9)13(14-2)11-6-12(18-3)17-8-16-11/h4-8,13-14H,1-3H3. The largest absolute Gasteiger partial charge is 0.481 e. The van der Waals surface area contributed by atoms with Gasteiger partial charge in [0.2, 0.25) is 5.88 Å². The molecule has 0 saturated carbocycles. The van der Waals surface area contributed by atoms with Crippen molar-refractivity contribution in [3.8, 4) is 5.88 Å². The number of aryl methyl sites for hydroxylation is 1. The molecule has 1 N–H and O–H groups in total. The van der Waals surface area contributed by atoms with E-state index < -0.39 is 0 Å². The Kier molecular flexibility index (Phi) is 3.84. The Balaban J connectivity index is 2.35. The lowest BCUT2D eigenvalue weighted by atomic mass is 10.1. The van der Waals surface area contributed by atoms with Gasteiger partial charge in [0.25, 0.3) is 0 Å². The lowest BCUT2D eigenvalue weighted by molar-refractivity contribution is 0.395. The van der Waals surface area contributed by atoms with Crippen molar-refractivity contribution in [3.05, 3.63) is 47.7 Å². The van der Waals surface area contributed by atoms with Crippen molar-refractivity contribution in [3.63, 3.8) is 0 Å². The fourth-order valence-electron chi connectivity index (χ4n) is 1.76. The first-order valence-electron chi connectivity index (χ1n) is 5.70. The van der Waals surface area contributed by atoms with Crippen molar-refractivity contribution in [1.82, 2.24) is 20.3 Å². The topological polar surface area (TPSA) is 59.9 Å². The zero-order valence-electron chi connectivity index (χ0n) is 10.7. The average Bonchev–Trinajstić information content (AvgIpc) is 2.42. The van der Waals surface area contributed by atoms with E-state index in [1.807, 2.05) is 38.4 Å². The second-order valence-corrected chi connectivity index (χ2v) is 3.94. The molecule has 2 rings (SSSR count). The Morgan fingerprint density at radius 1 is 1.22 bits per heavy atom. The first kappa shape index (κ1) is 12.4. The van der Waals surface area contributed by atoms with Crippen LogP contribution < -0.4 is 10.1 Å². The molecule has 0 radical (unpaired) electrons. The maximum Gasteiger partial charge on any atom is 0.216 e. The molecule has 2 aromatic heterocycles. The molecule has 18 heavy (non-hydrogen) atoms. The zero-order chi connectivity index (χ0) is 13.0. The quantitative estimate of drug-likeness (QED) is 0.883. The molecule has 0 aliphatic heterocycles. The summed E-state index contributed by atoms with van der Waals surface area (Å²) in [6.07, 6.45) is 3.35. The van der Waals surface area contributed by atoms with E-state index in [2.05, 4.69) is 20.3 Å². The number of hydrogen-bond donors (Lipinski definition) is 1. The van der Waals surface area contributed by atoms with Crippen LogP contribution in [-0.4, -0.2) is 29.1 Å². The van der Waals surface area contributed by atoms with E-state index in [0.717, 1.165) is 17.0 Å². The van der Waals surface area contributed by atoms with Crippen molar-refractivity contribution in [2.24, 2.45) is 0 Å². The number of aromatic nitrogens is 3. The number of hydrogen-bond acceptors (Lipinski definition) is 5. The molecular weight excluding hydrogens is 228 g/mol. The normalized spacial score (nSPS) is 12.2. The summed E-state index contributed by atoms with van der Waals surface area (Å²) in [4.78, 5) is 12.6. The van der Waals surface area contributed by atoms with E-state index in [0.29, 0.717) is 5.88 Å². The molecule has 0 aliphatic rings. The molecule has 5 heteroatoms. The van der Waals surface area contributed by atoms with E-state index in [9.17, 15) is 0 Å². The maximum absolute atomic E-state index is 5.11. The van der Waals surface area contributed by atoms with Crippen molar-refractivity contribution in [1.29, 1.82) is 0 Å². The Hall–Kier alpha value is -2.01. The van der Waals surface area contributed by atoms with Crippen LogP contribution in [0.3, 0.4) is 0 Å². The predicted molar refractivity (Wildman–Crippen MR) is 68.5 cm³/mol. The number of nitrogens with zero attached hydrogens (tertiary/aromatic N) is 3. The zero-order valence-corrected chi connectivity index (χ0v) is 10.7. The van der Waals surface area contributed by atoms with Crippen molar-refractivity contribution in [2.75, 3.05) is 14.2 Å². The maximum atomic E-state index is 5.11. The SMILES string of the molecule is CNC(c1ccc(C)nc1)c1cc(OC)ncn1. The second-order valence-electron chi connectivity index (χ2n) is 3.94. The van der Waals surface area contributed by atoms with Crippen molar-refractivity contribution >= 4 is 0 Å². The number of methoxy groups -OCH3 is 1. The first-order chi connectivity index (χ1) is 8.74. The van der Waals surface area contributed by atoms with Gasteiger partial charge in [-0.25, -0.2) is 9.97 Å². The van der Waals surface area contributed by atoms with E-state index >= 15 is 0 Å².